The van der Waals surface area contributed by atoms with Crippen LogP contribution in [-0.4, -0.2) is 36.0 Å². The average Bonchev–Trinajstić information content (AvgIpc) is 3.19. The van der Waals surface area contributed by atoms with Gasteiger partial charge in [-0.1, -0.05) is 6.07 Å². The zero-order valence-corrected chi connectivity index (χ0v) is 14.7. The standard InChI is InChI=1S/C20H27N3O2/c21-20(7-8-20)19(24)22-9-5-15-2-1-10-23(13-15)14-16-3-4-18-17(12-16)6-11-25-18/h3-4,6,11-12,15H,1-2,5,7-10,13-14,21H2,(H,22,24). The van der Waals surface area contributed by atoms with Gasteiger partial charge in [0.15, 0.2) is 0 Å². The Bertz CT molecular complexity index is 750. The monoisotopic (exact) mass is 341 g/mol. The predicted molar refractivity (Wildman–Crippen MR) is 98.0 cm³/mol. The molecule has 1 aromatic heterocycles. The van der Waals surface area contributed by atoms with E-state index < -0.39 is 5.54 Å². The van der Waals surface area contributed by atoms with E-state index >= 15 is 0 Å². The smallest absolute Gasteiger partial charge is 0.240 e. The lowest BCUT2D eigenvalue weighted by Gasteiger charge is -2.33. The van der Waals surface area contributed by atoms with Crippen molar-refractivity contribution in [2.75, 3.05) is 19.6 Å². The topological polar surface area (TPSA) is 71.5 Å². The Morgan fingerprint density at radius 3 is 3.08 bits per heavy atom. The minimum absolute atomic E-state index is 0.0357. The third kappa shape index (κ3) is 3.88. The van der Waals surface area contributed by atoms with Crippen molar-refractivity contribution in [1.82, 2.24) is 10.2 Å². The first-order chi connectivity index (χ1) is 12.1. The zero-order chi connectivity index (χ0) is 17.3. The molecule has 2 fully saturated rings. The zero-order valence-electron chi connectivity index (χ0n) is 14.7. The molecule has 1 aromatic carbocycles. The Hall–Kier alpha value is -1.85. The summed E-state index contributed by atoms with van der Waals surface area (Å²) in [5.41, 5.74) is 7.65. The molecule has 0 radical (unpaired) electrons. The Kier molecular flexibility index (Phi) is 4.52. The fraction of sp³-hybridized carbons (Fsp3) is 0.550. The van der Waals surface area contributed by atoms with E-state index in [0.29, 0.717) is 5.92 Å². The Balaban J connectivity index is 1.26. The number of benzene rings is 1. The highest BCUT2D eigenvalue weighted by Gasteiger charge is 2.45. The van der Waals surface area contributed by atoms with Gasteiger partial charge >= 0.3 is 0 Å². The van der Waals surface area contributed by atoms with E-state index in [4.69, 9.17) is 10.2 Å². The molecule has 0 spiro atoms. The van der Waals surface area contributed by atoms with Crippen molar-refractivity contribution in [3.63, 3.8) is 0 Å². The number of nitrogens with one attached hydrogen (secondary N) is 1. The molecule has 1 aliphatic heterocycles. The maximum atomic E-state index is 11.9. The van der Waals surface area contributed by atoms with Crippen LogP contribution in [0.5, 0.6) is 0 Å². The van der Waals surface area contributed by atoms with Gasteiger partial charge in [0.25, 0.3) is 0 Å². The molecule has 3 N–H and O–H groups in total. The lowest BCUT2D eigenvalue weighted by Crippen LogP contribution is -2.44. The number of fused-ring (bicyclic) bond motifs is 1. The molecule has 1 amide bonds. The van der Waals surface area contributed by atoms with Crippen molar-refractivity contribution >= 4 is 16.9 Å². The van der Waals surface area contributed by atoms with E-state index in [1.54, 1.807) is 6.26 Å². The molecule has 2 aromatic rings. The average molecular weight is 341 g/mol. The van der Waals surface area contributed by atoms with Crippen molar-refractivity contribution < 1.29 is 9.21 Å². The molecule has 134 valence electrons. The van der Waals surface area contributed by atoms with E-state index in [0.717, 1.165) is 51.0 Å². The second kappa shape index (κ2) is 6.81. The molecule has 2 aliphatic rings. The minimum atomic E-state index is -0.551. The highest BCUT2D eigenvalue weighted by Crippen LogP contribution is 2.32. The molecule has 0 bridgehead atoms. The van der Waals surface area contributed by atoms with E-state index in [2.05, 4.69) is 28.4 Å². The number of furan rings is 1. The molecule has 2 heterocycles. The van der Waals surface area contributed by atoms with E-state index in [1.165, 1.54) is 23.8 Å². The number of hydrogen-bond acceptors (Lipinski definition) is 4. The summed E-state index contributed by atoms with van der Waals surface area (Å²) in [4.78, 5) is 14.4. The van der Waals surface area contributed by atoms with Gasteiger partial charge in [-0.2, -0.15) is 0 Å². The van der Waals surface area contributed by atoms with Crippen LogP contribution >= 0.6 is 0 Å². The molecule has 1 atom stereocenters. The first-order valence-corrected chi connectivity index (χ1v) is 9.38. The van der Waals surface area contributed by atoms with Gasteiger partial charge in [-0.3, -0.25) is 9.69 Å². The molecule has 5 nitrogen and oxygen atoms in total. The summed E-state index contributed by atoms with van der Waals surface area (Å²) in [6.07, 6.45) is 6.92. The van der Waals surface area contributed by atoms with Crippen molar-refractivity contribution in [3.8, 4) is 0 Å². The predicted octanol–water partition coefficient (Wildman–Crippen LogP) is 2.64. The Labute approximate surface area is 148 Å². The van der Waals surface area contributed by atoms with Crippen LogP contribution in [0.15, 0.2) is 34.9 Å². The summed E-state index contributed by atoms with van der Waals surface area (Å²) < 4.78 is 5.41. The van der Waals surface area contributed by atoms with Gasteiger partial charge in [-0.25, -0.2) is 0 Å². The third-order valence-electron chi connectivity index (χ3n) is 5.61. The largest absolute Gasteiger partial charge is 0.464 e. The van der Waals surface area contributed by atoms with Gasteiger partial charge in [0.2, 0.25) is 5.91 Å². The van der Waals surface area contributed by atoms with Crippen LogP contribution in [0.4, 0.5) is 0 Å². The quantitative estimate of drug-likeness (QED) is 0.847. The van der Waals surface area contributed by atoms with Crippen LogP contribution in [0.25, 0.3) is 11.0 Å². The number of piperidine rings is 1. The molecule has 1 saturated heterocycles. The third-order valence-corrected chi connectivity index (χ3v) is 5.61. The highest BCUT2D eigenvalue weighted by molar-refractivity contribution is 5.88. The molecule has 25 heavy (non-hydrogen) atoms. The maximum Gasteiger partial charge on any atom is 0.240 e. The van der Waals surface area contributed by atoms with Crippen LogP contribution in [0.3, 0.4) is 0 Å². The fourth-order valence-electron chi connectivity index (χ4n) is 3.83. The number of nitrogens with two attached hydrogens (primary N) is 1. The second-order valence-electron chi connectivity index (χ2n) is 7.74. The van der Waals surface area contributed by atoms with Crippen LogP contribution < -0.4 is 11.1 Å². The number of rotatable bonds is 6. The first kappa shape index (κ1) is 16.6. The molecule has 1 aliphatic carbocycles. The summed E-state index contributed by atoms with van der Waals surface area (Å²) in [6.45, 7) is 3.98. The van der Waals surface area contributed by atoms with Gasteiger partial charge in [0.1, 0.15) is 5.58 Å². The van der Waals surface area contributed by atoms with E-state index in [1.807, 2.05) is 6.07 Å². The minimum Gasteiger partial charge on any atom is -0.464 e. The Morgan fingerprint density at radius 2 is 2.24 bits per heavy atom. The first-order valence-electron chi connectivity index (χ1n) is 9.38. The van der Waals surface area contributed by atoms with Gasteiger partial charge in [0, 0.05) is 25.0 Å². The van der Waals surface area contributed by atoms with Gasteiger partial charge < -0.3 is 15.5 Å². The van der Waals surface area contributed by atoms with Crippen molar-refractivity contribution in [1.29, 1.82) is 0 Å². The Morgan fingerprint density at radius 1 is 1.36 bits per heavy atom. The fourth-order valence-corrected chi connectivity index (χ4v) is 3.83. The molecule has 1 unspecified atom stereocenters. The maximum absolute atomic E-state index is 11.9. The lowest BCUT2D eigenvalue weighted by atomic mass is 9.94. The summed E-state index contributed by atoms with van der Waals surface area (Å²) in [6, 6.07) is 8.46. The van der Waals surface area contributed by atoms with Gasteiger partial charge in [-0.05, 0) is 68.3 Å². The summed E-state index contributed by atoms with van der Waals surface area (Å²) in [5, 5.41) is 4.19. The lowest BCUT2D eigenvalue weighted by molar-refractivity contribution is -0.123. The number of carbonyl (C=O) groups is 1. The SMILES string of the molecule is NC1(C(=O)NCCC2CCCN(Cc3ccc4occc4c3)C2)CC1. The molecule has 5 heteroatoms. The van der Waals surface area contributed by atoms with Crippen LogP contribution in [-0.2, 0) is 11.3 Å². The van der Waals surface area contributed by atoms with E-state index in [9.17, 15) is 4.79 Å². The molecular weight excluding hydrogens is 314 g/mol. The number of nitrogens with zero attached hydrogens (tertiary/aromatic N) is 1. The summed E-state index contributed by atoms with van der Waals surface area (Å²) in [5.74, 6) is 0.688. The van der Waals surface area contributed by atoms with Crippen molar-refractivity contribution in [3.05, 3.63) is 36.1 Å². The summed E-state index contributed by atoms with van der Waals surface area (Å²) >= 11 is 0. The number of amides is 1. The number of carbonyl (C=O) groups excluding carboxylic acids is 1. The molecular formula is C20H27N3O2. The normalized spacial score (nSPS) is 22.8. The van der Waals surface area contributed by atoms with Gasteiger partial charge in [0.05, 0.1) is 11.8 Å². The van der Waals surface area contributed by atoms with Crippen LogP contribution in [0.2, 0.25) is 0 Å². The van der Waals surface area contributed by atoms with Crippen LogP contribution in [0, 0.1) is 5.92 Å². The van der Waals surface area contributed by atoms with Crippen molar-refractivity contribution in [2.24, 2.45) is 11.7 Å². The highest BCUT2D eigenvalue weighted by atomic mass is 16.3. The number of likely N-dealkylation sites (tertiary alicyclic amines) is 1. The molecule has 1 saturated carbocycles. The van der Waals surface area contributed by atoms with Crippen molar-refractivity contribution in [2.45, 2.75) is 44.2 Å². The number of hydrogen-bond donors (Lipinski definition) is 2. The summed E-state index contributed by atoms with van der Waals surface area (Å²) in [7, 11) is 0. The van der Waals surface area contributed by atoms with Gasteiger partial charge in [-0.15, -0.1) is 0 Å². The van der Waals surface area contributed by atoms with Crippen LogP contribution in [0.1, 0.15) is 37.7 Å². The molecule has 4 rings (SSSR count). The van der Waals surface area contributed by atoms with E-state index in [-0.39, 0.29) is 5.91 Å². The second-order valence-corrected chi connectivity index (χ2v) is 7.74.